The van der Waals surface area contributed by atoms with E-state index >= 15 is 0 Å². The summed E-state index contributed by atoms with van der Waals surface area (Å²) in [5, 5.41) is 9.95. The van der Waals surface area contributed by atoms with Crippen LogP contribution in [-0.4, -0.2) is 17.2 Å². The minimum Gasteiger partial charge on any atom is -0.478 e. The molecule has 68 valence electrons. The molecule has 0 amide bonds. The number of fused-ring (bicyclic) bond motifs is 1. The molecule has 13 heavy (non-hydrogen) atoms. The maximum atomic E-state index is 10.8. The van der Waals surface area contributed by atoms with Gasteiger partial charge in [0.15, 0.2) is 1.41 Å². The molecule has 2 rings (SSSR count). The lowest BCUT2D eigenvalue weighted by Crippen LogP contribution is -2.20. The van der Waals surface area contributed by atoms with Gasteiger partial charge in [-0.25, -0.2) is 4.79 Å². The summed E-state index contributed by atoms with van der Waals surface area (Å²) in [6.07, 6.45) is 3.88. The number of hydrogen-bond donors (Lipinski definition) is 2. The first-order valence-corrected chi connectivity index (χ1v) is 3.88. The molecule has 4 heteroatoms. The van der Waals surface area contributed by atoms with Gasteiger partial charge in [-0.2, -0.15) is 0 Å². The number of carboxylic acids is 1. The summed E-state index contributed by atoms with van der Waals surface area (Å²) in [5.74, 6) is -0.578. The molecule has 0 bridgehead atoms. The first-order valence-electron chi connectivity index (χ1n) is 4.33. The van der Waals surface area contributed by atoms with E-state index in [9.17, 15) is 4.79 Å². The lowest BCUT2D eigenvalue weighted by molar-refractivity contribution is -0.144. The fraction of sp³-hybridized carbons (Fsp3) is 0.222. The van der Waals surface area contributed by atoms with Gasteiger partial charge in [-0.15, -0.1) is 0 Å². The van der Waals surface area contributed by atoms with Gasteiger partial charge in [0.05, 0.1) is 5.70 Å². The monoisotopic (exact) mass is 180 g/mol. The molecule has 0 saturated heterocycles. The molecule has 0 radical (unpaired) electrons. The Bertz CT molecular complexity index is 384. The number of nitrogens with one attached hydrogen (secondary N) is 1. The predicted molar refractivity (Wildman–Crippen MR) is 45.6 cm³/mol. The zero-order valence-electron chi connectivity index (χ0n) is 8.02. The maximum Gasteiger partial charge on any atom is 0.349 e. The first kappa shape index (κ1) is 6.77. The molecular weight excluding hydrogens is 170 g/mol. The molecule has 1 atom stereocenters. The number of allylic oxidation sites excluding steroid dienone is 2. The number of carbonyl (C=O) groups is 1. The molecule has 2 heterocycles. The van der Waals surface area contributed by atoms with Crippen molar-refractivity contribution in [2.45, 2.75) is 13.0 Å². The third-order valence-corrected chi connectivity index (χ3v) is 2.01. The van der Waals surface area contributed by atoms with Crippen LogP contribution in [0.25, 0.3) is 0 Å². The van der Waals surface area contributed by atoms with Gasteiger partial charge in [0.25, 0.3) is 0 Å². The van der Waals surface area contributed by atoms with Crippen molar-refractivity contribution in [2.24, 2.45) is 0 Å². The van der Waals surface area contributed by atoms with Crippen LogP contribution in [0.4, 0.5) is 0 Å². The Kier molecular flexibility index (Phi) is 1.38. The van der Waals surface area contributed by atoms with Crippen LogP contribution >= 0.6 is 0 Å². The summed E-state index contributed by atoms with van der Waals surface area (Å²) in [6, 6.07) is 0. The fourth-order valence-electron chi connectivity index (χ4n) is 1.36. The molecule has 0 fully saturated rings. The summed E-state index contributed by atoms with van der Waals surface area (Å²) >= 11 is 0. The summed E-state index contributed by atoms with van der Waals surface area (Å²) in [4.78, 5) is 10.8. The third-order valence-electron chi connectivity index (χ3n) is 2.01. The predicted octanol–water partition coefficient (Wildman–Crippen LogP) is 0.745. The zero-order chi connectivity index (χ0) is 10.3. The molecular formula is C9H9NO3. The second-order valence-electron chi connectivity index (χ2n) is 2.87. The lowest BCUT2D eigenvalue weighted by Gasteiger charge is -2.08. The summed E-state index contributed by atoms with van der Waals surface area (Å²) in [5.41, 5.74) is 1.09. The van der Waals surface area contributed by atoms with Crippen LogP contribution in [0.2, 0.25) is 1.41 Å². The van der Waals surface area contributed by atoms with Crippen LogP contribution in [0.15, 0.2) is 35.4 Å². The van der Waals surface area contributed by atoms with E-state index in [1.165, 1.54) is 6.20 Å². The summed E-state index contributed by atoms with van der Waals surface area (Å²) < 4.78 is 12.7. The van der Waals surface area contributed by atoms with Gasteiger partial charge >= 0.3 is 5.97 Å². The molecule has 0 saturated carbocycles. The Hall–Kier alpha value is -1.71. The topological polar surface area (TPSA) is 58.6 Å². The Morgan fingerprint density at radius 1 is 1.85 bits per heavy atom. The molecule has 0 aliphatic carbocycles. The van der Waals surface area contributed by atoms with Gasteiger partial charge in [-0.05, 0) is 19.1 Å². The van der Waals surface area contributed by atoms with Gasteiger partial charge in [0.2, 0.25) is 6.10 Å². The largest absolute Gasteiger partial charge is 0.478 e. The van der Waals surface area contributed by atoms with Crippen molar-refractivity contribution >= 4 is 5.97 Å². The standard InChI is InChI=1S/C9H9NO3/c1-5-7-6(3-2-4-10-7)13-8(5)9(11)12/h2-4,8,10H,1H3,(H,11,12)/i/hD. The third kappa shape index (κ3) is 1.11. The molecule has 2 aliphatic rings. The molecule has 0 aromatic carbocycles. The van der Waals surface area contributed by atoms with Gasteiger partial charge in [0, 0.05) is 11.8 Å². The molecule has 0 spiro atoms. The van der Waals surface area contributed by atoms with E-state index in [2.05, 4.69) is 0 Å². The van der Waals surface area contributed by atoms with Crippen molar-refractivity contribution in [3.05, 3.63) is 35.4 Å². The van der Waals surface area contributed by atoms with E-state index in [4.69, 9.17) is 11.3 Å². The molecule has 1 unspecified atom stereocenters. The second-order valence-corrected chi connectivity index (χ2v) is 2.87. The number of dihydropyridines is 1. The highest BCUT2D eigenvalue weighted by Crippen LogP contribution is 2.29. The van der Waals surface area contributed by atoms with Gasteiger partial charge in [-0.3, -0.25) is 0 Å². The average molecular weight is 180 g/mol. The van der Waals surface area contributed by atoms with E-state index in [0.717, 1.165) is 5.31 Å². The number of aliphatic carboxylic acids is 1. The summed E-state index contributed by atoms with van der Waals surface area (Å²) in [7, 11) is 0. The van der Waals surface area contributed by atoms with Gasteiger partial charge in [-0.1, -0.05) is 0 Å². The highest BCUT2D eigenvalue weighted by Gasteiger charge is 2.33. The van der Waals surface area contributed by atoms with Crippen LogP contribution in [0.3, 0.4) is 0 Å². The average Bonchev–Trinajstić information content (AvgIpc) is 2.45. The Labute approximate surface area is 76.7 Å². The second kappa shape index (κ2) is 2.65. The summed E-state index contributed by atoms with van der Waals surface area (Å²) in [6.45, 7) is 1.66. The molecule has 4 nitrogen and oxygen atoms in total. The SMILES string of the molecule is [2H]N1C=CC=C2OC(C(=O)O)C(C)=C21. The van der Waals surface area contributed by atoms with Crippen LogP contribution in [0.5, 0.6) is 0 Å². The Morgan fingerprint density at radius 3 is 3.23 bits per heavy atom. The molecule has 2 N–H and O–H groups in total. The minimum absolute atomic E-state index is 0.451. The molecule has 2 aliphatic heterocycles. The van der Waals surface area contributed by atoms with Crippen molar-refractivity contribution in [2.75, 3.05) is 0 Å². The first-order chi connectivity index (χ1) is 6.61. The Balaban J connectivity index is 2.43. The lowest BCUT2D eigenvalue weighted by atomic mass is 10.1. The van der Waals surface area contributed by atoms with Crippen LogP contribution in [0.1, 0.15) is 6.92 Å². The smallest absolute Gasteiger partial charge is 0.349 e. The van der Waals surface area contributed by atoms with E-state index < -0.39 is 12.1 Å². The number of rotatable bonds is 1. The normalized spacial score (nSPS) is 26.5. The minimum atomic E-state index is -1.03. The van der Waals surface area contributed by atoms with Crippen molar-refractivity contribution in [1.29, 1.82) is 0 Å². The van der Waals surface area contributed by atoms with Crippen molar-refractivity contribution < 1.29 is 16.0 Å². The van der Waals surface area contributed by atoms with Gasteiger partial charge < -0.3 is 15.2 Å². The van der Waals surface area contributed by atoms with Crippen LogP contribution < -0.4 is 5.31 Å². The van der Waals surface area contributed by atoms with E-state index in [0.29, 0.717) is 17.0 Å². The number of ether oxygens (including phenoxy) is 1. The number of hydrogen-bond acceptors (Lipinski definition) is 3. The quantitative estimate of drug-likeness (QED) is 0.625. The Morgan fingerprint density at radius 2 is 2.62 bits per heavy atom. The fourth-order valence-corrected chi connectivity index (χ4v) is 1.36. The van der Waals surface area contributed by atoms with Crippen molar-refractivity contribution in [3.8, 4) is 0 Å². The van der Waals surface area contributed by atoms with Crippen LogP contribution in [-0.2, 0) is 9.53 Å². The van der Waals surface area contributed by atoms with E-state index in [-0.39, 0.29) is 0 Å². The highest BCUT2D eigenvalue weighted by molar-refractivity contribution is 5.78. The number of carboxylic acid groups (broad SMARTS) is 1. The maximum absolute atomic E-state index is 10.8. The molecule has 0 aromatic rings. The van der Waals surface area contributed by atoms with Gasteiger partial charge in [0.1, 0.15) is 5.76 Å². The highest BCUT2D eigenvalue weighted by atomic mass is 16.5. The van der Waals surface area contributed by atoms with Crippen molar-refractivity contribution in [1.82, 2.24) is 5.31 Å². The molecule has 0 aromatic heterocycles. The van der Waals surface area contributed by atoms with E-state index in [1.54, 1.807) is 19.1 Å². The van der Waals surface area contributed by atoms with Crippen molar-refractivity contribution in [3.63, 3.8) is 0 Å². The van der Waals surface area contributed by atoms with Crippen LogP contribution in [0, 0.1) is 0 Å². The van der Waals surface area contributed by atoms with E-state index in [1.807, 2.05) is 0 Å². The zero-order valence-corrected chi connectivity index (χ0v) is 7.02.